The molecule has 0 radical (unpaired) electrons. The second-order valence-corrected chi connectivity index (χ2v) is 6.67. The van der Waals surface area contributed by atoms with Crippen LogP contribution < -0.4 is 10.2 Å². The molecule has 5 heteroatoms. The molecule has 1 aliphatic carbocycles. The maximum absolute atomic E-state index is 12.5. The van der Waals surface area contributed by atoms with Crippen molar-refractivity contribution < 1.29 is 14.7 Å². The van der Waals surface area contributed by atoms with Crippen LogP contribution in [0.1, 0.15) is 18.4 Å². The summed E-state index contributed by atoms with van der Waals surface area (Å²) in [5.41, 5.74) is 4.15. The number of nitrogens with one attached hydrogen (secondary N) is 1. The average molecular weight is 336 g/mol. The number of carbonyl (C=O) groups excluding carboxylic acids is 1. The fourth-order valence-electron chi connectivity index (χ4n) is 3.74. The molecule has 1 amide bonds. The SMILES string of the molecule is O=C(O)C1CCC1C(=O)Nc1ccccc1N1CCc2ccccc21. The third kappa shape index (κ3) is 2.76. The second kappa shape index (κ2) is 6.24. The summed E-state index contributed by atoms with van der Waals surface area (Å²) in [5.74, 6) is -2.07. The largest absolute Gasteiger partial charge is 0.481 e. The number of anilines is 3. The van der Waals surface area contributed by atoms with Gasteiger partial charge in [0.2, 0.25) is 5.91 Å². The van der Waals surface area contributed by atoms with E-state index in [0.717, 1.165) is 30.0 Å². The van der Waals surface area contributed by atoms with E-state index in [1.165, 1.54) is 5.56 Å². The Labute approximate surface area is 146 Å². The zero-order valence-corrected chi connectivity index (χ0v) is 13.8. The summed E-state index contributed by atoms with van der Waals surface area (Å²) in [7, 11) is 0. The summed E-state index contributed by atoms with van der Waals surface area (Å²) in [4.78, 5) is 25.9. The molecule has 2 atom stereocenters. The van der Waals surface area contributed by atoms with Gasteiger partial charge in [0, 0.05) is 12.2 Å². The van der Waals surface area contributed by atoms with E-state index in [9.17, 15) is 9.59 Å². The van der Waals surface area contributed by atoms with Crippen LogP contribution in [-0.2, 0) is 16.0 Å². The first-order valence-corrected chi connectivity index (χ1v) is 8.63. The molecule has 2 aliphatic rings. The summed E-state index contributed by atoms with van der Waals surface area (Å²) < 4.78 is 0. The van der Waals surface area contributed by atoms with E-state index >= 15 is 0 Å². The second-order valence-electron chi connectivity index (χ2n) is 6.67. The number of hydrogen-bond donors (Lipinski definition) is 2. The van der Waals surface area contributed by atoms with Crippen molar-refractivity contribution in [2.75, 3.05) is 16.8 Å². The van der Waals surface area contributed by atoms with Gasteiger partial charge in [-0.1, -0.05) is 30.3 Å². The lowest BCUT2D eigenvalue weighted by molar-refractivity contribution is -0.151. The third-order valence-electron chi connectivity index (χ3n) is 5.27. The minimum Gasteiger partial charge on any atom is -0.481 e. The maximum Gasteiger partial charge on any atom is 0.307 e. The predicted octanol–water partition coefficient (Wildman–Crippen LogP) is 3.43. The van der Waals surface area contributed by atoms with Crippen LogP contribution in [0.2, 0.25) is 0 Å². The lowest BCUT2D eigenvalue weighted by Crippen LogP contribution is -2.41. The van der Waals surface area contributed by atoms with E-state index < -0.39 is 17.8 Å². The highest BCUT2D eigenvalue weighted by Crippen LogP contribution is 2.40. The zero-order chi connectivity index (χ0) is 17.4. The molecule has 25 heavy (non-hydrogen) atoms. The first kappa shape index (κ1) is 15.7. The van der Waals surface area contributed by atoms with Crippen molar-refractivity contribution >= 4 is 28.9 Å². The Balaban J connectivity index is 1.58. The third-order valence-corrected chi connectivity index (χ3v) is 5.27. The van der Waals surface area contributed by atoms with E-state index in [2.05, 4.69) is 22.3 Å². The molecule has 2 unspecified atom stereocenters. The van der Waals surface area contributed by atoms with Gasteiger partial charge >= 0.3 is 5.97 Å². The first-order chi connectivity index (χ1) is 12.1. The molecule has 4 rings (SSSR count). The van der Waals surface area contributed by atoms with Crippen molar-refractivity contribution in [1.82, 2.24) is 0 Å². The summed E-state index contributed by atoms with van der Waals surface area (Å²) in [6, 6.07) is 16.0. The summed E-state index contributed by atoms with van der Waals surface area (Å²) in [6.07, 6.45) is 2.19. The molecule has 2 N–H and O–H groups in total. The highest BCUT2D eigenvalue weighted by atomic mass is 16.4. The quantitative estimate of drug-likeness (QED) is 0.897. The van der Waals surface area contributed by atoms with E-state index in [1.54, 1.807) is 0 Å². The standard InChI is InChI=1S/C20H20N2O3/c23-19(14-9-10-15(14)20(24)25)21-16-6-2-4-8-18(16)22-12-11-13-5-1-3-7-17(13)22/h1-8,14-15H,9-12H2,(H,21,23)(H,24,25). The number of carboxylic acid groups (broad SMARTS) is 1. The molecule has 128 valence electrons. The van der Waals surface area contributed by atoms with Gasteiger partial charge in [-0.3, -0.25) is 9.59 Å². The van der Waals surface area contributed by atoms with Gasteiger partial charge in [0.25, 0.3) is 0 Å². The van der Waals surface area contributed by atoms with E-state index in [0.29, 0.717) is 12.8 Å². The summed E-state index contributed by atoms with van der Waals surface area (Å²) in [5, 5.41) is 12.1. The molecular weight excluding hydrogens is 316 g/mol. The number of amides is 1. The molecule has 2 aromatic carbocycles. The van der Waals surface area contributed by atoms with Crippen LogP contribution in [0, 0.1) is 11.8 Å². The average Bonchev–Trinajstić information content (AvgIpc) is 2.97. The van der Waals surface area contributed by atoms with E-state index in [-0.39, 0.29) is 5.91 Å². The van der Waals surface area contributed by atoms with Crippen LogP contribution in [0.4, 0.5) is 17.1 Å². The van der Waals surface area contributed by atoms with Gasteiger partial charge in [0.05, 0.1) is 23.2 Å². The molecule has 0 bridgehead atoms. The van der Waals surface area contributed by atoms with Gasteiger partial charge < -0.3 is 15.3 Å². The van der Waals surface area contributed by atoms with Crippen molar-refractivity contribution in [3.63, 3.8) is 0 Å². The van der Waals surface area contributed by atoms with Gasteiger partial charge in [-0.25, -0.2) is 0 Å². The zero-order valence-electron chi connectivity index (χ0n) is 13.8. The number of aliphatic carboxylic acids is 1. The number of hydrogen-bond acceptors (Lipinski definition) is 3. The normalized spacial score (nSPS) is 21.4. The molecule has 5 nitrogen and oxygen atoms in total. The molecule has 1 heterocycles. The van der Waals surface area contributed by atoms with Crippen molar-refractivity contribution in [3.05, 3.63) is 54.1 Å². The van der Waals surface area contributed by atoms with E-state index in [1.807, 2.05) is 36.4 Å². The Kier molecular flexibility index (Phi) is 3.92. The Morgan fingerprint density at radius 2 is 1.64 bits per heavy atom. The number of nitrogens with zero attached hydrogens (tertiary/aromatic N) is 1. The lowest BCUT2D eigenvalue weighted by atomic mass is 9.73. The molecule has 1 fully saturated rings. The topological polar surface area (TPSA) is 69.6 Å². The molecular formula is C20H20N2O3. The molecule has 1 aliphatic heterocycles. The number of para-hydroxylation sites is 3. The van der Waals surface area contributed by atoms with Crippen LogP contribution in [0.15, 0.2) is 48.5 Å². The van der Waals surface area contributed by atoms with Gasteiger partial charge in [-0.15, -0.1) is 0 Å². The highest BCUT2D eigenvalue weighted by molar-refractivity contribution is 5.99. The lowest BCUT2D eigenvalue weighted by Gasteiger charge is -2.32. The summed E-state index contributed by atoms with van der Waals surface area (Å²) in [6.45, 7) is 0.868. The Morgan fingerprint density at radius 3 is 2.36 bits per heavy atom. The maximum atomic E-state index is 12.5. The number of benzene rings is 2. The Bertz CT molecular complexity index is 833. The summed E-state index contributed by atoms with van der Waals surface area (Å²) >= 11 is 0. The smallest absolute Gasteiger partial charge is 0.307 e. The number of carbonyl (C=O) groups is 2. The molecule has 0 saturated heterocycles. The van der Waals surface area contributed by atoms with Crippen LogP contribution in [0.3, 0.4) is 0 Å². The molecule has 2 aromatic rings. The minimum atomic E-state index is -0.881. The fraction of sp³-hybridized carbons (Fsp3) is 0.300. The van der Waals surface area contributed by atoms with Crippen molar-refractivity contribution in [1.29, 1.82) is 0 Å². The molecule has 0 spiro atoms. The highest BCUT2D eigenvalue weighted by Gasteiger charge is 2.41. The first-order valence-electron chi connectivity index (χ1n) is 8.63. The van der Waals surface area contributed by atoms with Crippen LogP contribution in [0.25, 0.3) is 0 Å². The van der Waals surface area contributed by atoms with Crippen molar-refractivity contribution in [3.8, 4) is 0 Å². The van der Waals surface area contributed by atoms with E-state index in [4.69, 9.17) is 5.11 Å². The molecule has 1 saturated carbocycles. The Hall–Kier alpha value is -2.82. The van der Waals surface area contributed by atoms with Crippen molar-refractivity contribution in [2.24, 2.45) is 11.8 Å². The van der Waals surface area contributed by atoms with Crippen LogP contribution in [0.5, 0.6) is 0 Å². The van der Waals surface area contributed by atoms with Gasteiger partial charge in [-0.05, 0) is 43.0 Å². The Morgan fingerprint density at radius 1 is 0.960 bits per heavy atom. The number of rotatable bonds is 4. The van der Waals surface area contributed by atoms with Crippen molar-refractivity contribution in [2.45, 2.75) is 19.3 Å². The molecule has 0 aromatic heterocycles. The predicted molar refractivity (Wildman–Crippen MR) is 96.1 cm³/mol. The van der Waals surface area contributed by atoms with Crippen LogP contribution in [-0.4, -0.2) is 23.5 Å². The monoisotopic (exact) mass is 336 g/mol. The number of carboxylic acids is 1. The van der Waals surface area contributed by atoms with Gasteiger partial charge in [0.1, 0.15) is 0 Å². The minimum absolute atomic E-state index is 0.196. The van der Waals surface area contributed by atoms with Gasteiger partial charge in [0.15, 0.2) is 0 Å². The fourth-order valence-corrected chi connectivity index (χ4v) is 3.74. The van der Waals surface area contributed by atoms with Crippen LogP contribution >= 0.6 is 0 Å². The number of fused-ring (bicyclic) bond motifs is 1. The van der Waals surface area contributed by atoms with Gasteiger partial charge in [-0.2, -0.15) is 0 Å².